The zero-order chi connectivity index (χ0) is 20.6. The van der Waals surface area contributed by atoms with Crippen LogP contribution in [0.3, 0.4) is 0 Å². The van der Waals surface area contributed by atoms with Crippen LogP contribution in [-0.4, -0.2) is 50.3 Å². The summed E-state index contributed by atoms with van der Waals surface area (Å²) in [6.07, 6.45) is -0.0698. The van der Waals surface area contributed by atoms with Crippen molar-refractivity contribution in [3.8, 4) is 11.5 Å². The minimum atomic E-state index is -0.230. The van der Waals surface area contributed by atoms with Crippen molar-refractivity contribution in [3.63, 3.8) is 0 Å². The molecule has 0 radical (unpaired) electrons. The molecule has 1 amide bonds. The summed E-state index contributed by atoms with van der Waals surface area (Å²) in [5, 5.41) is 2.94. The van der Waals surface area contributed by atoms with Crippen LogP contribution in [0.25, 0.3) is 0 Å². The van der Waals surface area contributed by atoms with E-state index in [9.17, 15) is 4.79 Å². The van der Waals surface area contributed by atoms with Gasteiger partial charge in [0.1, 0.15) is 17.6 Å². The molecule has 156 valence electrons. The first-order valence-electron chi connectivity index (χ1n) is 10.0. The van der Waals surface area contributed by atoms with Gasteiger partial charge in [0.2, 0.25) is 5.91 Å². The molecule has 29 heavy (non-hydrogen) atoms. The fraction of sp³-hybridized carbons (Fsp3) is 0.435. The lowest BCUT2D eigenvalue weighted by molar-refractivity contribution is -0.122. The predicted octanol–water partition coefficient (Wildman–Crippen LogP) is 3.17. The molecule has 1 N–H and O–H groups in total. The number of methoxy groups -OCH3 is 1. The average molecular weight is 399 g/mol. The maximum Gasteiger partial charge on any atom is 0.234 e. The number of benzene rings is 2. The highest BCUT2D eigenvalue weighted by Crippen LogP contribution is 2.34. The Balaban J connectivity index is 1.73. The molecule has 2 aromatic carbocycles. The van der Waals surface area contributed by atoms with Gasteiger partial charge < -0.3 is 19.5 Å². The zero-order valence-corrected chi connectivity index (χ0v) is 17.4. The second kappa shape index (κ2) is 10.3. The van der Waals surface area contributed by atoms with E-state index in [0.717, 1.165) is 22.6 Å². The standard InChI is InChI=1S/C23H30N2O4/c1-17(2)28-13-12-24-23(26)16-25-14-18-8-4-6-10-20(18)29-22(15-25)19-9-5-7-11-21(19)27-3/h4-11,17,22H,12-16H2,1-3H3,(H,24,26). The number of ether oxygens (including phenoxy) is 3. The Morgan fingerprint density at radius 2 is 1.97 bits per heavy atom. The number of fused-ring (bicyclic) bond motifs is 1. The topological polar surface area (TPSA) is 60.0 Å². The Kier molecular flexibility index (Phi) is 7.49. The third-order valence-corrected chi connectivity index (χ3v) is 4.79. The van der Waals surface area contributed by atoms with Crippen molar-refractivity contribution in [2.75, 3.05) is 33.4 Å². The third kappa shape index (κ3) is 5.95. The van der Waals surface area contributed by atoms with E-state index in [1.807, 2.05) is 62.4 Å². The van der Waals surface area contributed by atoms with E-state index < -0.39 is 0 Å². The van der Waals surface area contributed by atoms with Gasteiger partial charge in [0.05, 0.1) is 26.4 Å². The first-order chi connectivity index (χ1) is 14.1. The van der Waals surface area contributed by atoms with Gasteiger partial charge in [-0.2, -0.15) is 0 Å². The van der Waals surface area contributed by atoms with Crippen LogP contribution in [0.1, 0.15) is 31.1 Å². The van der Waals surface area contributed by atoms with E-state index in [1.54, 1.807) is 7.11 Å². The molecule has 0 spiro atoms. The molecule has 0 bridgehead atoms. The van der Waals surface area contributed by atoms with E-state index >= 15 is 0 Å². The Hall–Kier alpha value is -2.57. The molecule has 2 aromatic rings. The Morgan fingerprint density at radius 3 is 2.76 bits per heavy atom. The quantitative estimate of drug-likeness (QED) is 0.692. The van der Waals surface area contributed by atoms with E-state index in [4.69, 9.17) is 14.2 Å². The SMILES string of the molecule is COc1ccccc1C1CN(CC(=O)NCCOC(C)C)Cc2ccccc2O1. The molecule has 6 nitrogen and oxygen atoms in total. The third-order valence-electron chi connectivity index (χ3n) is 4.79. The summed E-state index contributed by atoms with van der Waals surface area (Å²) in [5.41, 5.74) is 2.04. The van der Waals surface area contributed by atoms with Crippen molar-refractivity contribution in [1.29, 1.82) is 0 Å². The molecular formula is C23H30N2O4. The maximum atomic E-state index is 12.5. The smallest absolute Gasteiger partial charge is 0.234 e. The van der Waals surface area contributed by atoms with Gasteiger partial charge in [0.25, 0.3) is 0 Å². The van der Waals surface area contributed by atoms with Crippen molar-refractivity contribution >= 4 is 5.91 Å². The normalized spacial score (nSPS) is 16.6. The lowest BCUT2D eigenvalue weighted by Gasteiger charge is -2.24. The monoisotopic (exact) mass is 398 g/mol. The van der Waals surface area contributed by atoms with Crippen molar-refractivity contribution in [2.24, 2.45) is 0 Å². The number of amides is 1. The Labute approximate surface area is 172 Å². The summed E-state index contributed by atoms with van der Waals surface area (Å²) in [6, 6.07) is 15.8. The molecular weight excluding hydrogens is 368 g/mol. The number of nitrogens with zero attached hydrogens (tertiary/aromatic N) is 1. The highest BCUT2D eigenvalue weighted by Gasteiger charge is 2.27. The van der Waals surface area contributed by atoms with Crippen molar-refractivity contribution in [1.82, 2.24) is 10.2 Å². The van der Waals surface area contributed by atoms with Crippen LogP contribution >= 0.6 is 0 Å². The van der Waals surface area contributed by atoms with E-state index in [2.05, 4.69) is 10.2 Å². The largest absolute Gasteiger partial charge is 0.496 e. The van der Waals surface area contributed by atoms with Gasteiger partial charge in [-0.3, -0.25) is 9.69 Å². The van der Waals surface area contributed by atoms with Gasteiger partial charge in [0.15, 0.2) is 0 Å². The number of para-hydroxylation sites is 2. The summed E-state index contributed by atoms with van der Waals surface area (Å²) in [6.45, 7) is 6.52. The minimum Gasteiger partial charge on any atom is -0.496 e. The molecule has 0 aromatic heterocycles. The van der Waals surface area contributed by atoms with Crippen LogP contribution in [0.2, 0.25) is 0 Å². The van der Waals surface area contributed by atoms with Crippen LogP contribution in [-0.2, 0) is 16.1 Å². The Bertz CT molecular complexity index is 809. The van der Waals surface area contributed by atoms with Crippen LogP contribution in [0.5, 0.6) is 11.5 Å². The van der Waals surface area contributed by atoms with Gasteiger partial charge in [-0.15, -0.1) is 0 Å². The van der Waals surface area contributed by atoms with E-state index in [1.165, 1.54) is 0 Å². The fourth-order valence-electron chi connectivity index (χ4n) is 3.44. The number of carbonyl (C=O) groups is 1. The number of hydrogen-bond donors (Lipinski definition) is 1. The minimum absolute atomic E-state index is 0.0180. The number of hydrogen-bond acceptors (Lipinski definition) is 5. The highest BCUT2D eigenvalue weighted by atomic mass is 16.5. The van der Waals surface area contributed by atoms with Gasteiger partial charge >= 0.3 is 0 Å². The maximum absolute atomic E-state index is 12.5. The fourth-order valence-corrected chi connectivity index (χ4v) is 3.44. The molecule has 1 aliphatic heterocycles. The molecule has 1 aliphatic rings. The molecule has 1 heterocycles. The molecule has 0 aliphatic carbocycles. The van der Waals surface area contributed by atoms with Crippen LogP contribution in [0.4, 0.5) is 0 Å². The first-order valence-corrected chi connectivity index (χ1v) is 10.0. The number of rotatable bonds is 8. The second-order valence-electron chi connectivity index (χ2n) is 7.40. The summed E-state index contributed by atoms with van der Waals surface area (Å²) < 4.78 is 17.4. The van der Waals surface area contributed by atoms with Crippen LogP contribution in [0, 0.1) is 0 Å². The highest BCUT2D eigenvalue weighted by molar-refractivity contribution is 5.78. The van der Waals surface area contributed by atoms with Gasteiger partial charge in [0, 0.05) is 30.8 Å². The first kappa shape index (κ1) is 21.1. The molecule has 1 unspecified atom stereocenters. The number of carbonyl (C=O) groups excluding carboxylic acids is 1. The van der Waals surface area contributed by atoms with Crippen molar-refractivity contribution < 1.29 is 19.0 Å². The summed E-state index contributed by atoms with van der Waals surface area (Å²) >= 11 is 0. The van der Waals surface area contributed by atoms with Crippen molar-refractivity contribution in [3.05, 3.63) is 59.7 Å². The average Bonchev–Trinajstić information content (AvgIpc) is 2.90. The van der Waals surface area contributed by atoms with E-state index in [-0.39, 0.29) is 18.1 Å². The molecule has 6 heteroatoms. The molecule has 3 rings (SSSR count). The molecule has 0 fully saturated rings. The second-order valence-corrected chi connectivity index (χ2v) is 7.40. The summed E-state index contributed by atoms with van der Waals surface area (Å²) in [4.78, 5) is 14.6. The van der Waals surface area contributed by atoms with Gasteiger partial charge in [-0.1, -0.05) is 36.4 Å². The molecule has 0 saturated heterocycles. The summed E-state index contributed by atoms with van der Waals surface area (Å²) in [7, 11) is 1.66. The molecule has 0 saturated carbocycles. The summed E-state index contributed by atoms with van der Waals surface area (Å²) in [5.74, 6) is 1.61. The number of nitrogens with one attached hydrogen (secondary N) is 1. The van der Waals surface area contributed by atoms with Crippen molar-refractivity contribution in [2.45, 2.75) is 32.6 Å². The zero-order valence-electron chi connectivity index (χ0n) is 17.4. The van der Waals surface area contributed by atoms with Gasteiger partial charge in [-0.25, -0.2) is 0 Å². The van der Waals surface area contributed by atoms with E-state index in [0.29, 0.717) is 32.8 Å². The Morgan fingerprint density at radius 1 is 1.21 bits per heavy atom. The lowest BCUT2D eigenvalue weighted by atomic mass is 10.1. The lowest BCUT2D eigenvalue weighted by Crippen LogP contribution is -2.39. The van der Waals surface area contributed by atoms with Crippen LogP contribution in [0.15, 0.2) is 48.5 Å². The van der Waals surface area contributed by atoms with Gasteiger partial charge in [-0.05, 0) is 26.0 Å². The predicted molar refractivity (Wildman–Crippen MR) is 112 cm³/mol. The van der Waals surface area contributed by atoms with Crippen LogP contribution < -0.4 is 14.8 Å². The molecule has 1 atom stereocenters.